The Hall–Kier alpha value is -4.22. The summed E-state index contributed by atoms with van der Waals surface area (Å²) in [6.07, 6.45) is 1.76. The minimum Gasteiger partial charge on any atom is -0.501 e. The molecule has 4 heterocycles. The highest BCUT2D eigenvalue weighted by Crippen LogP contribution is 2.46. The molecule has 2 aromatic heterocycles. The van der Waals surface area contributed by atoms with Gasteiger partial charge < -0.3 is 15.7 Å². The molecule has 0 unspecified atom stereocenters. The Balaban J connectivity index is 1.52. The molecule has 0 atom stereocenters. The van der Waals surface area contributed by atoms with E-state index < -0.39 is 40.0 Å². The second-order valence-corrected chi connectivity index (χ2v) is 9.59. The van der Waals surface area contributed by atoms with Gasteiger partial charge in [-0.05, 0) is 61.9 Å². The predicted molar refractivity (Wildman–Crippen MR) is 126 cm³/mol. The molecule has 2 amide bonds. The van der Waals surface area contributed by atoms with Crippen LogP contribution in [-0.2, 0) is 18.6 Å². The molecule has 0 radical (unpaired) electrons. The van der Waals surface area contributed by atoms with Crippen LogP contribution in [0.1, 0.15) is 63.6 Å². The van der Waals surface area contributed by atoms with Crippen LogP contribution in [-0.4, -0.2) is 42.3 Å². The van der Waals surface area contributed by atoms with E-state index in [1.807, 2.05) is 0 Å². The fraction of sp³-hybridized carbons (Fsp3) is 0.360. The van der Waals surface area contributed by atoms with E-state index in [1.165, 1.54) is 24.4 Å². The summed E-state index contributed by atoms with van der Waals surface area (Å²) in [5.41, 5.74) is -3.49. The van der Waals surface area contributed by atoms with E-state index in [0.29, 0.717) is 11.1 Å². The zero-order valence-electron chi connectivity index (χ0n) is 19.9. The van der Waals surface area contributed by atoms with E-state index in [9.17, 15) is 23.9 Å². The average Bonchev–Trinajstić information content (AvgIpc) is 3.09. The maximum Gasteiger partial charge on any atom is 0.296 e. The Morgan fingerprint density at radius 2 is 1.92 bits per heavy atom. The molecule has 3 N–H and O–H groups in total. The van der Waals surface area contributed by atoms with Crippen LogP contribution in [0.15, 0.2) is 41.3 Å². The maximum absolute atomic E-state index is 15.5. The first kappa shape index (κ1) is 24.5. The molecule has 37 heavy (non-hydrogen) atoms. The lowest BCUT2D eigenvalue weighted by atomic mass is 9.76. The molecule has 1 aliphatic carbocycles. The van der Waals surface area contributed by atoms with Crippen LogP contribution >= 0.6 is 0 Å². The van der Waals surface area contributed by atoms with Crippen LogP contribution in [0.5, 0.6) is 5.75 Å². The molecule has 0 spiro atoms. The molecular weight excluding hydrogens is 486 g/mol. The number of nitrogens with zero attached hydrogens (tertiary/aromatic N) is 4. The van der Waals surface area contributed by atoms with Gasteiger partial charge in [0, 0.05) is 12.7 Å². The van der Waals surface area contributed by atoms with E-state index in [4.69, 9.17) is 0 Å². The van der Waals surface area contributed by atoms with Crippen molar-refractivity contribution in [2.45, 2.75) is 56.9 Å². The molecule has 192 valence electrons. The summed E-state index contributed by atoms with van der Waals surface area (Å²) >= 11 is 0. The largest absolute Gasteiger partial charge is 0.501 e. The van der Waals surface area contributed by atoms with Gasteiger partial charge in [0.15, 0.2) is 11.4 Å². The van der Waals surface area contributed by atoms with Crippen LogP contribution in [0.3, 0.4) is 0 Å². The summed E-state index contributed by atoms with van der Waals surface area (Å²) in [7, 11) is 0. The van der Waals surface area contributed by atoms with E-state index in [-0.39, 0.29) is 56.1 Å². The maximum atomic E-state index is 15.5. The van der Waals surface area contributed by atoms with E-state index >= 15 is 4.39 Å². The van der Waals surface area contributed by atoms with Gasteiger partial charge in [0.1, 0.15) is 17.3 Å². The highest BCUT2D eigenvalue weighted by atomic mass is 19.1. The van der Waals surface area contributed by atoms with Gasteiger partial charge in [-0.1, -0.05) is 12.1 Å². The van der Waals surface area contributed by atoms with Crippen molar-refractivity contribution >= 4 is 11.8 Å². The monoisotopic (exact) mass is 510 g/mol. The Morgan fingerprint density at radius 1 is 1.16 bits per heavy atom. The van der Waals surface area contributed by atoms with Gasteiger partial charge in [0.2, 0.25) is 5.75 Å². The predicted octanol–water partition coefficient (Wildman–Crippen LogP) is 2.04. The van der Waals surface area contributed by atoms with Gasteiger partial charge in [-0.25, -0.2) is 13.8 Å². The minimum atomic E-state index is -1.73. The molecule has 1 fully saturated rings. The Bertz CT molecular complexity index is 1450. The van der Waals surface area contributed by atoms with Gasteiger partial charge in [-0.15, -0.1) is 5.10 Å². The van der Waals surface area contributed by atoms with Crippen LogP contribution in [0, 0.1) is 12.7 Å². The second kappa shape index (κ2) is 9.02. The van der Waals surface area contributed by atoms with Crippen molar-refractivity contribution in [1.82, 2.24) is 30.4 Å². The summed E-state index contributed by atoms with van der Waals surface area (Å²) in [4.78, 5) is 43.5. The molecule has 2 aliphatic heterocycles. The number of amides is 2. The third-order valence-electron chi connectivity index (χ3n) is 7.06. The summed E-state index contributed by atoms with van der Waals surface area (Å²) in [6, 6.07) is 7.34. The molecule has 3 aliphatic rings. The average molecular weight is 511 g/mol. The quantitative estimate of drug-likeness (QED) is 0.477. The number of rotatable bonds is 5. The highest BCUT2D eigenvalue weighted by Gasteiger charge is 2.52. The van der Waals surface area contributed by atoms with Gasteiger partial charge in [0.05, 0.1) is 12.1 Å². The van der Waals surface area contributed by atoms with Crippen molar-refractivity contribution in [2.75, 3.05) is 0 Å². The molecular formula is C25H24F2N6O4. The van der Waals surface area contributed by atoms with Crippen molar-refractivity contribution in [3.8, 4) is 5.75 Å². The van der Waals surface area contributed by atoms with Crippen LogP contribution < -0.4 is 16.2 Å². The van der Waals surface area contributed by atoms with E-state index in [0.717, 1.165) is 4.57 Å². The standard InChI is InChI=1S/C25H24F2N6O4/c1-14-11-15(4-5-16(14)26)12-28-21(36)18-19(34)22(37)33-13-24(27)6-8-25(9-7-24,23(33)30-18)31-20(35)17-3-2-10-29-32-17/h2-5,10-11,34H,6-9,12-13H2,1H3,(H,28,36)(H,31,35). The van der Waals surface area contributed by atoms with Gasteiger partial charge in [-0.2, -0.15) is 5.10 Å². The molecule has 2 bridgehead atoms. The molecule has 6 rings (SSSR count). The normalized spacial score (nSPS) is 22.1. The van der Waals surface area contributed by atoms with Gasteiger partial charge >= 0.3 is 0 Å². The SMILES string of the molecule is Cc1cc(CNC(=O)c2nc3n(c(=O)c2O)CC2(F)CCC3(NC(=O)c3cccnn3)CC2)ccc1F. The van der Waals surface area contributed by atoms with Crippen LogP contribution in [0.4, 0.5) is 8.78 Å². The van der Waals surface area contributed by atoms with E-state index in [1.54, 1.807) is 19.1 Å². The summed E-state index contributed by atoms with van der Waals surface area (Å²) < 4.78 is 30.1. The first-order valence-corrected chi connectivity index (χ1v) is 11.8. The van der Waals surface area contributed by atoms with Crippen molar-refractivity contribution in [3.05, 3.63) is 81.0 Å². The number of carbonyl (C=O) groups is 2. The van der Waals surface area contributed by atoms with Gasteiger partial charge in [0.25, 0.3) is 17.4 Å². The lowest BCUT2D eigenvalue weighted by Crippen LogP contribution is -2.50. The minimum absolute atomic E-state index is 0.00709. The number of hydrogen-bond acceptors (Lipinski definition) is 7. The Morgan fingerprint density at radius 3 is 2.59 bits per heavy atom. The van der Waals surface area contributed by atoms with Crippen molar-refractivity contribution in [2.24, 2.45) is 0 Å². The lowest BCUT2D eigenvalue weighted by molar-refractivity contribution is 0.0559. The van der Waals surface area contributed by atoms with E-state index in [2.05, 4.69) is 25.8 Å². The van der Waals surface area contributed by atoms with Crippen LogP contribution in [0.25, 0.3) is 0 Å². The topological polar surface area (TPSA) is 139 Å². The first-order chi connectivity index (χ1) is 17.6. The fourth-order valence-electron chi connectivity index (χ4n) is 4.97. The number of aromatic nitrogens is 4. The number of halogens is 2. The molecule has 12 heteroatoms. The number of hydrogen-bond donors (Lipinski definition) is 3. The second-order valence-electron chi connectivity index (χ2n) is 9.59. The molecule has 3 aromatic rings. The smallest absolute Gasteiger partial charge is 0.296 e. The lowest BCUT2D eigenvalue weighted by Gasteiger charge is -2.38. The molecule has 1 saturated carbocycles. The number of fused-ring (bicyclic) bond motifs is 2. The number of aromatic hydroxyl groups is 1. The zero-order chi connectivity index (χ0) is 26.4. The highest BCUT2D eigenvalue weighted by molar-refractivity contribution is 5.95. The van der Waals surface area contributed by atoms with Crippen molar-refractivity contribution < 1.29 is 23.5 Å². The molecule has 10 nitrogen and oxygen atoms in total. The van der Waals surface area contributed by atoms with Crippen molar-refractivity contribution in [1.29, 1.82) is 0 Å². The first-order valence-electron chi connectivity index (χ1n) is 11.8. The Kier molecular flexibility index (Phi) is 5.97. The molecule has 0 saturated heterocycles. The third-order valence-corrected chi connectivity index (χ3v) is 7.06. The Labute approximate surface area is 209 Å². The van der Waals surface area contributed by atoms with Crippen LogP contribution in [0.2, 0.25) is 0 Å². The number of aryl methyl sites for hydroxylation is 1. The number of alkyl halides is 1. The summed E-state index contributed by atoms with van der Waals surface area (Å²) in [5, 5.41) is 23.5. The third kappa shape index (κ3) is 4.43. The number of carbonyl (C=O) groups excluding carboxylic acids is 2. The number of nitrogens with one attached hydrogen (secondary N) is 2. The fourth-order valence-corrected chi connectivity index (χ4v) is 4.97. The summed E-state index contributed by atoms with van der Waals surface area (Å²) in [5.74, 6) is -2.75. The summed E-state index contributed by atoms with van der Waals surface area (Å²) in [6.45, 7) is 1.21. The van der Waals surface area contributed by atoms with Gasteiger partial charge in [-0.3, -0.25) is 19.0 Å². The number of benzene rings is 1. The zero-order valence-corrected chi connectivity index (χ0v) is 19.9. The van der Waals surface area contributed by atoms with Crippen molar-refractivity contribution in [3.63, 3.8) is 0 Å². The molecule has 1 aromatic carbocycles.